The van der Waals surface area contributed by atoms with E-state index in [1.165, 1.54) is 0 Å². The minimum atomic E-state index is -0.716. The van der Waals surface area contributed by atoms with E-state index in [2.05, 4.69) is 0 Å². The van der Waals surface area contributed by atoms with E-state index < -0.39 is 6.04 Å². The van der Waals surface area contributed by atoms with Gasteiger partial charge in [-0.3, -0.25) is 10.1 Å². The molecule has 0 aromatic rings. The van der Waals surface area contributed by atoms with Gasteiger partial charge in [-0.1, -0.05) is 23.8 Å². The molecule has 10 heavy (non-hydrogen) atoms. The van der Waals surface area contributed by atoms with E-state index in [9.17, 15) is 10.1 Å². The van der Waals surface area contributed by atoms with E-state index in [1.54, 1.807) is 18.2 Å². The standard InChI is InChI=1S/C6H6ClNO2/c7-5-3-1-2-4-6(5)8(9)10/h1-3,6H,4H2/t6-/m0/s1. The van der Waals surface area contributed by atoms with E-state index in [0.29, 0.717) is 11.5 Å². The van der Waals surface area contributed by atoms with Crippen LogP contribution in [0.2, 0.25) is 0 Å². The SMILES string of the molecule is O=[N+]([O-])[C@H]1CC=CC=C1Cl. The first-order chi connectivity index (χ1) is 4.72. The van der Waals surface area contributed by atoms with Crippen LogP contribution in [0, 0.1) is 10.1 Å². The molecule has 0 spiro atoms. The van der Waals surface area contributed by atoms with Crippen molar-refractivity contribution >= 4 is 11.6 Å². The second kappa shape index (κ2) is 2.84. The molecule has 0 unspecified atom stereocenters. The molecule has 0 fully saturated rings. The highest BCUT2D eigenvalue weighted by atomic mass is 35.5. The third kappa shape index (κ3) is 1.36. The number of hydrogen-bond acceptors (Lipinski definition) is 2. The highest BCUT2D eigenvalue weighted by Gasteiger charge is 2.23. The first-order valence-electron chi connectivity index (χ1n) is 2.87. The van der Waals surface area contributed by atoms with Crippen LogP contribution < -0.4 is 0 Å². The summed E-state index contributed by atoms with van der Waals surface area (Å²) in [5, 5.41) is 10.5. The fourth-order valence-corrected chi connectivity index (χ4v) is 1.02. The Morgan fingerprint density at radius 1 is 1.80 bits per heavy atom. The van der Waals surface area contributed by atoms with Crippen LogP contribution in [0.4, 0.5) is 0 Å². The Hall–Kier alpha value is -0.830. The average Bonchev–Trinajstić information content (AvgIpc) is 1.88. The maximum atomic E-state index is 10.2. The Bertz CT molecular complexity index is 210. The quantitative estimate of drug-likeness (QED) is 0.432. The third-order valence-electron chi connectivity index (χ3n) is 1.32. The number of halogens is 1. The fraction of sp³-hybridized carbons (Fsp3) is 0.333. The lowest BCUT2D eigenvalue weighted by atomic mass is 10.1. The van der Waals surface area contributed by atoms with E-state index in [4.69, 9.17) is 11.6 Å². The van der Waals surface area contributed by atoms with Crippen molar-refractivity contribution in [2.45, 2.75) is 12.5 Å². The smallest absolute Gasteiger partial charge is 0.251 e. The lowest BCUT2D eigenvalue weighted by Gasteiger charge is -2.07. The Morgan fingerprint density at radius 2 is 2.50 bits per heavy atom. The van der Waals surface area contributed by atoms with Crippen molar-refractivity contribution in [1.82, 2.24) is 0 Å². The molecule has 0 amide bonds. The molecular weight excluding hydrogens is 154 g/mol. The van der Waals surface area contributed by atoms with Crippen molar-refractivity contribution in [2.24, 2.45) is 0 Å². The molecule has 0 aromatic heterocycles. The van der Waals surface area contributed by atoms with E-state index in [0.717, 1.165) is 0 Å². The van der Waals surface area contributed by atoms with Gasteiger partial charge in [-0.15, -0.1) is 0 Å². The van der Waals surface area contributed by atoms with Crippen molar-refractivity contribution in [3.63, 3.8) is 0 Å². The molecule has 0 bridgehead atoms. The Labute approximate surface area is 63.1 Å². The molecule has 0 saturated heterocycles. The van der Waals surface area contributed by atoms with Crippen LogP contribution >= 0.6 is 11.6 Å². The molecule has 0 heterocycles. The fourth-order valence-electron chi connectivity index (χ4n) is 0.778. The van der Waals surface area contributed by atoms with Crippen LogP contribution in [-0.4, -0.2) is 11.0 Å². The molecule has 0 saturated carbocycles. The normalized spacial score (nSPS) is 24.1. The molecule has 54 valence electrons. The zero-order chi connectivity index (χ0) is 7.56. The van der Waals surface area contributed by atoms with Crippen LogP contribution in [0.1, 0.15) is 6.42 Å². The van der Waals surface area contributed by atoms with Gasteiger partial charge < -0.3 is 0 Å². The molecule has 1 aliphatic rings. The maximum absolute atomic E-state index is 10.2. The molecule has 0 radical (unpaired) electrons. The molecule has 1 aliphatic carbocycles. The molecule has 0 aromatic carbocycles. The van der Waals surface area contributed by atoms with E-state index >= 15 is 0 Å². The van der Waals surface area contributed by atoms with Gasteiger partial charge in [0, 0.05) is 11.3 Å². The Kier molecular flexibility index (Phi) is 2.06. The number of allylic oxidation sites excluding steroid dienone is 2. The van der Waals surface area contributed by atoms with E-state index in [-0.39, 0.29) is 4.92 Å². The molecule has 0 N–H and O–H groups in total. The van der Waals surface area contributed by atoms with Gasteiger partial charge >= 0.3 is 0 Å². The third-order valence-corrected chi connectivity index (χ3v) is 1.70. The van der Waals surface area contributed by atoms with Crippen molar-refractivity contribution in [1.29, 1.82) is 0 Å². The summed E-state index contributed by atoms with van der Waals surface area (Å²) in [5.74, 6) is 0. The summed E-state index contributed by atoms with van der Waals surface area (Å²) in [6.45, 7) is 0. The first kappa shape index (κ1) is 7.28. The van der Waals surface area contributed by atoms with Gasteiger partial charge in [-0.25, -0.2) is 0 Å². The van der Waals surface area contributed by atoms with Gasteiger partial charge in [-0.2, -0.15) is 0 Å². The van der Waals surface area contributed by atoms with Gasteiger partial charge in [0.1, 0.15) is 0 Å². The van der Waals surface area contributed by atoms with Crippen LogP contribution in [-0.2, 0) is 0 Å². The molecule has 1 rings (SSSR count). The summed E-state index contributed by atoms with van der Waals surface area (Å²) in [7, 11) is 0. The average molecular weight is 160 g/mol. The van der Waals surface area contributed by atoms with Gasteiger partial charge in [0.25, 0.3) is 6.04 Å². The van der Waals surface area contributed by atoms with Gasteiger partial charge in [0.2, 0.25) is 0 Å². The predicted octanol–water partition coefficient (Wildman–Crippen LogP) is 1.71. The lowest BCUT2D eigenvalue weighted by Crippen LogP contribution is -2.19. The summed E-state index contributed by atoms with van der Waals surface area (Å²) >= 11 is 5.55. The van der Waals surface area contributed by atoms with Crippen LogP contribution in [0.25, 0.3) is 0 Å². The second-order valence-corrected chi connectivity index (χ2v) is 2.45. The highest BCUT2D eigenvalue weighted by Crippen LogP contribution is 2.18. The molecule has 3 nitrogen and oxygen atoms in total. The minimum Gasteiger partial charge on any atom is -0.264 e. The van der Waals surface area contributed by atoms with Gasteiger partial charge in [0.15, 0.2) is 0 Å². The number of hydrogen-bond donors (Lipinski definition) is 0. The molecule has 1 atom stereocenters. The van der Waals surface area contributed by atoms with Crippen molar-refractivity contribution in [2.75, 3.05) is 0 Å². The predicted molar refractivity (Wildman–Crippen MR) is 38.5 cm³/mol. The molecule has 4 heteroatoms. The van der Waals surface area contributed by atoms with Crippen molar-refractivity contribution in [3.05, 3.63) is 33.4 Å². The molecular formula is C6H6ClNO2. The van der Waals surface area contributed by atoms with Gasteiger partial charge in [-0.05, 0) is 6.08 Å². The lowest BCUT2D eigenvalue weighted by molar-refractivity contribution is -0.509. The zero-order valence-corrected chi connectivity index (χ0v) is 5.91. The monoisotopic (exact) mass is 159 g/mol. The second-order valence-electron chi connectivity index (χ2n) is 2.02. The Morgan fingerprint density at radius 3 is 2.90 bits per heavy atom. The van der Waals surface area contributed by atoms with Crippen LogP contribution in [0.15, 0.2) is 23.3 Å². The van der Waals surface area contributed by atoms with Crippen molar-refractivity contribution in [3.8, 4) is 0 Å². The minimum absolute atomic E-state index is 0.313. The number of rotatable bonds is 1. The summed E-state index contributed by atoms with van der Waals surface area (Å²) < 4.78 is 0. The zero-order valence-electron chi connectivity index (χ0n) is 5.16. The number of nitro groups is 1. The van der Waals surface area contributed by atoms with Gasteiger partial charge in [0.05, 0.1) is 5.03 Å². The van der Waals surface area contributed by atoms with Crippen LogP contribution in [0.5, 0.6) is 0 Å². The van der Waals surface area contributed by atoms with Crippen LogP contribution in [0.3, 0.4) is 0 Å². The number of nitrogens with zero attached hydrogens (tertiary/aromatic N) is 1. The molecule has 0 aliphatic heterocycles. The summed E-state index contributed by atoms with van der Waals surface area (Å²) in [6, 6.07) is -0.716. The topological polar surface area (TPSA) is 43.1 Å². The highest BCUT2D eigenvalue weighted by molar-refractivity contribution is 6.30. The maximum Gasteiger partial charge on any atom is 0.251 e. The summed E-state index contributed by atoms with van der Waals surface area (Å²) in [5.41, 5.74) is 0. The summed E-state index contributed by atoms with van der Waals surface area (Å²) in [4.78, 5) is 9.84. The first-order valence-corrected chi connectivity index (χ1v) is 3.25. The summed E-state index contributed by atoms with van der Waals surface area (Å²) in [6.07, 6.45) is 5.42. The largest absolute Gasteiger partial charge is 0.264 e. The Balaban J connectivity index is 2.73. The van der Waals surface area contributed by atoms with Crippen molar-refractivity contribution < 1.29 is 4.92 Å². The van der Waals surface area contributed by atoms with E-state index in [1.807, 2.05) is 0 Å².